The maximum atomic E-state index is 5.55. The van der Waals surface area contributed by atoms with Crippen LogP contribution in [0.1, 0.15) is 49.8 Å². The van der Waals surface area contributed by atoms with E-state index in [2.05, 4.69) is 50.7 Å². The molecule has 2 aliphatic rings. The summed E-state index contributed by atoms with van der Waals surface area (Å²) in [5.74, 6) is 3.68. The van der Waals surface area contributed by atoms with Gasteiger partial charge in [0.15, 0.2) is 5.96 Å². The predicted octanol–water partition coefficient (Wildman–Crippen LogP) is 4.50. The highest BCUT2D eigenvalue weighted by Crippen LogP contribution is 2.33. The molecule has 1 atom stereocenters. The molecule has 2 aromatic rings. The van der Waals surface area contributed by atoms with Gasteiger partial charge in [0.1, 0.15) is 17.4 Å². The van der Waals surface area contributed by atoms with Gasteiger partial charge in [-0.2, -0.15) is 10.1 Å². The third-order valence-corrected chi connectivity index (χ3v) is 5.81. The molecular formula is C25H32N6O. The lowest BCUT2D eigenvalue weighted by atomic mass is 10.0. The zero-order chi connectivity index (χ0) is 22.3. The molecule has 1 aromatic carbocycles. The minimum absolute atomic E-state index is 0.129. The normalized spacial score (nSPS) is 19.1. The van der Waals surface area contributed by atoms with E-state index in [-0.39, 0.29) is 6.04 Å². The summed E-state index contributed by atoms with van der Waals surface area (Å²) in [5, 5.41) is 17.6. The average Bonchev–Trinajstić information content (AvgIpc) is 3.49. The minimum Gasteiger partial charge on any atom is -0.499 e. The van der Waals surface area contributed by atoms with Crippen molar-refractivity contribution in [2.75, 3.05) is 19.0 Å². The van der Waals surface area contributed by atoms with Gasteiger partial charge in [-0.05, 0) is 43.1 Å². The Morgan fingerprint density at radius 2 is 2.03 bits per heavy atom. The third kappa shape index (κ3) is 5.60. The number of guanidine groups is 1. The van der Waals surface area contributed by atoms with Crippen molar-refractivity contribution in [3.63, 3.8) is 0 Å². The number of hydrogen-bond acceptors (Lipinski definition) is 6. The summed E-state index contributed by atoms with van der Waals surface area (Å²) >= 11 is 0. The first-order chi connectivity index (χ1) is 15.6. The molecule has 1 aromatic heterocycles. The molecule has 1 fully saturated rings. The van der Waals surface area contributed by atoms with E-state index in [1.807, 2.05) is 42.5 Å². The number of methoxy groups -OCH3 is 1. The van der Waals surface area contributed by atoms with Crippen molar-refractivity contribution in [2.45, 2.75) is 44.6 Å². The number of benzene rings is 1. The van der Waals surface area contributed by atoms with E-state index in [4.69, 9.17) is 4.74 Å². The molecule has 32 heavy (non-hydrogen) atoms. The predicted molar refractivity (Wildman–Crippen MR) is 130 cm³/mol. The van der Waals surface area contributed by atoms with Gasteiger partial charge >= 0.3 is 0 Å². The van der Waals surface area contributed by atoms with Crippen molar-refractivity contribution in [3.8, 4) is 0 Å². The summed E-state index contributed by atoms with van der Waals surface area (Å²) in [6.45, 7) is 6.72. The summed E-state index contributed by atoms with van der Waals surface area (Å²) in [5.41, 5.74) is 3.11. The van der Waals surface area contributed by atoms with Crippen molar-refractivity contribution >= 4 is 17.4 Å². The average molecular weight is 433 g/mol. The van der Waals surface area contributed by atoms with Crippen LogP contribution in [0.4, 0.5) is 5.82 Å². The van der Waals surface area contributed by atoms with Crippen LogP contribution in [0.2, 0.25) is 0 Å². The summed E-state index contributed by atoms with van der Waals surface area (Å²) in [6, 6.07) is 12.3. The van der Waals surface area contributed by atoms with Crippen molar-refractivity contribution < 1.29 is 4.74 Å². The zero-order valence-electron chi connectivity index (χ0n) is 18.8. The van der Waals surface area contributed by atoms with Crippen LogP contribution in [0.15, 0.2) is 71.7 Å². The topological polar surface area (TPSA) is 86.4 Å². The first-order valence-corrected chi connectivity index (χ1v) is 11.2. The van der Waals surface area contributed by atoms with E-state index < -0.39 is 0 Å². The van der Waals surface area contributed by atoms with Crippen LogP contribution < -0.4 is 16.0 Å². The number of H-pyrrole nitrogens is 1. The molecule has 1 aliphatic carbocycles. The molecule has 0 spiro atoms. The van der Waals surface area contributed by atoms with Crippen LogP contribution in [0.5, 0.6) is 0 Å². The van der Waals surface area contributed by atoms with Gasteiger partial charge in [-0.25, -0.2) is 0 Å². The molecule has 168 valence electrons. The maximum absolute atomic E-state index is 5.55. The molecule has 7 nitrogen and oxygen atoms in total. The second-order valence-corrected chi connectivity index (χ2v) is 8.32. The van der Waals surface area contributed by atoms with E-state index in [1.165, 1.54) is 25.7 Å². The monoisotopic (exact) mass is 432 g/mol. The summed E-state index contributed by atoms with van der Waals surface area (Å²) in [6.07, 6.45) is 9.04. The van der Waals surface area contributed by atoms with Crippen molar-refractivity contribution in [2.24, 2.45) is 4.99 Å². The lowest BCUT2D eigenvalue weighted by molar-refractivity contribution is 0.284. The Hall–Kier alpha value is -3.48. The fraction of sp³-hybridized carbons (Fsp3) is 0.360. The molecule has 0 saturated heterocycles. The highest BCUT2D eigenvalue weighted by Gasteiger charge is 2.20. The molecule has 1 saturated carbocycles. The molecule has 2 heterocycles. The van der Waals surface area contributed by atoms with Gasteiger partial charge in [-0.3, -0.25) is 5.10 Å². The Morgan fingerprint density at radius 3 is 2.78 bits per heavy atom. The molecule has 4 rings (SSSR count). The van der Waals surface area contributed by atoms with Crippen LogP contribution in [0, 0.1) is 0 Å². The number of rotatable bonds is 8. The molecule has 0 radical (unpaired) electrons. The standard InChI is InChI=1S/C25H32N6O/c1-17(19-9-5-4-6-10-19)13-21(32-3)16-26-25-27-18(2)14-23(29-25)28-24-15-22(30-31-24)20-11-7-8-12-20/h4-6,9-10,13-15,18,20H,1,7-8,11-12,16H2,2-3H3,(H2,26,27,29)(H2,28,30,31)/b21-13-. The SMILES string of the molecule is C=C(/C=C(/CNC1=NC(Nc2cc(C3CCCC3)n[nH]2)=CC(C)N1)OC)c1ccccc1. The lowest BCUT2D eigenvalue weighted by Gasteiger charge is -2.22. The lowest BCUT2D eigenvalue weighted by Crippen LogP contribution is -2.44. The fourth-order valence-corrected chi connectivity index (χ4v) is 4.10. The first kappa shape index (κ1) is 21.7. The van der Waals surface area contributed by atoms with E-state index in [0.29, 0.717) is 18.4 Å². The van der Waals surface area contributed by atoms with Crippen LogP contribution in [0.3, 0.4) is 0 Å². The van der Waals surface area contributed by atoms with E-state index in [1.54, 1.807) is 7.11 Å². The van der Waals surface area contributed by atoms with Crippen molar-refractivity contribution in [1.82, 2.24) is 20.8 Å². The van der Waals surface area contributed by atoms with E-state index in [9.17, 15) is 0 Å². The number of aromatic amines is 1. The van der Waals surface area contributed by atoms with Gasteiger partial charge < -0.3 is 20.7 Å². The maximum Gasteiger partial charge on any atom is 0.198 e. The van der Waals surface area contributed by atoms with Crippen molar-refractivity contribution in [3.05, 3.63) is 78.0 Å². The van der Waals surface area contributed by atoms with Crippen LogP contribution in [-0.4, -0.2) is 35.9 Å². The van der Waals surface area contributed by atoms with Gasteiger partial charge in [0, 0.05) is 18.0 Å². The van der Waals surface area contributed by atoms with Gasteiger partial charge in [-0.15, -0.1) is 0 Å². The van der Waals surface area contributed by atoms with Gasteiger partial charge in [0.05, 0.1) is 19.3 Å². The second-order valence-electron chi connectivity index (χ2n) is 8.32. The van der Waals surface area contributed by atoms with Crippen LogP contribution in [-0.2, 0) is 4.74 Å². The Balaban J connectivity index is 1.37. The number of anilines is 1. The number of aliphatic imine (C=N–C) groups is 1. The van der Waals surface area contributed by atoms with Gasteiger partial charge in [0.25, 0.3) is 0 Å². The molecular weight excluding hydrogens is 400 g/mol. The molecule has 0 bridgehead atoms. The number of nitrogens with one attached hydrogen (secondary N) is 4. The molecule has 7 heteroatoms. The smallest absolute Gasteiger partial charge is 0.198 e. The highest BCUT2D eigenvalue weighted by molar-refractivity contribution is 5.83. The van der Waals surface area contributed by atoms with Gasteiger partial charge in [0.2, 0.25) is 0 Å². The summed E-state index contributed by atoms with van der Waals surface area (Å²) < 4.78 is 5.55. The number of allylic oxidation sites excluding steroid dienone is 2. The van der Waals surface area contributed by atoms with Crippen LogP contribution >= 0.6 is 0 Å². The number of hydrogen-bond donors (Lipinski definition) is 4. The molecule has 4 N–H and O–H groups in total. The van der Waals surface area contributed by atoms with Crippen molar-refractivity contribution in [1.29, 1.82) is 0 Å². The Kier molecular flexibility index (Phi) is 6.94. The zero-order valence-corrected chi connectivity index (χ0v) is 18.8. The summed E-state index contributed by atoms with van der Waals surface area (Å²) in [7, 11) is 1.66. The third-order valence-electron chi connectivity index (χ3n) is 5.81. The quantitative estimate of drug-likeness (QED) is 0.364. The van der Waals surface area contributed by atoms with E-state index in [0.717, 1.165) is 34.2 Å². The first-order valence-electron chi connectivity index (χ1n) is 11.2. The molecule has 1 unspecified atom stereocenters. The Morgan fingerprint density at radius 1 is 1.25 bits per heavy atom. The minimum atomic E-state index is 0.129. The van der Waals surface area contributed by atoms with Gasteiger partial charge in [-0.1, -0.05) is 49.8 Å². The Bertz CT molecular complexity index is 1010. The second kappa shape index (κ2) is 10.2. The fourth-order valence-electron chi connectivity index (χ4n) is 4.10. The van der Waals surface area contributed by atoms with E-state index >= 15 is 0 Å². The highest BCUT2D eigenvalue weighted by atomic mass is 16.5. The largest absolute Gasteiger partial charge is 0.499 e. The van der Waals surface area contributed by atoms with Crippen LogP contribution in [0.25, 0.3) is 5.57 Å². The molecule has 1 aliphatic heterocycles. The summed E-state index contributed by atoms with van der Waals surface area (Å²) in [4.78, 5) is 4.67. The Labute approximate surface area is 189 Å². The number of aromatic nitrogens is 2. The molecule has 0 amide bonds. The number of ether oxygens (including phenoxy) is 1. The number of nitrogens with zero attached hydrogens (tertiary/aromatic N) is 2.